The van der Waals surface area contributed by atoms with Crippen LogP contribution in [-0.4, -0.2) is 54.2 Å². The van der Waals surface area contributed by atoms with Crippen LogP contribution in [0.1, 0.15) is 70.2 Å². The van der Waals surface area contributed by atoms with Crippen LogP contribution in [-0.2, 0) is 4.43 Å². The number of carboxylic acid groups (broad SMARTS) is 1. The number of hydrogen-bond acceptors (Lipinski definition) is 6. The highest BCUT2D eigenvalue weighted by atomic mass is 28.4. The Bertz CT molecular complexity index is 719. The minimum absolute atomic E-state index is 0.0208. The highest BCUT2D eigenvalue weighted by Gasteiger charge is 2.39. The molecule has 1 unspecified atom stereocenters. The van der Waals surface area contributed by atoms with E-state index in [0.717, 1.165) is 25.7 Å². The summed E-state index contributed by atoms with van der Waals surface area (Å²) in [5.41, 5.74) is 0.0208. The number of carboxylic acids is 1. The molecule has 0 bridgehead atoms. The van der Waals surface area contributed by atoms with Crippen molar-refractivity contribution < 1.29 is 18.7 Å². The number of alkyl halides is 1. The maximum atomic E-state index is 13.5. The molecule has 0 saturated heterocycles. The first-order valence-corrected chi connectivity index (χ1v) is 13.8. The van der Waals surface area contributed by atoms with Crippen molar-refractivity contribution in [1.29, 1.82) is 0 Å². The van der Waals surface area contributed by atoms with Crippen molar-refractivity contribution in [2.24, 2.45) is 0 Å². The summed E-state index contributed by atoms with van der Waals surface area (Å²) in [5, 5.41) is 15.8. The maximum absolute atomic E-state index is 13.5. The lowest BCUT2D eigenvalue weighted by Gasteiger charge is -2.41. The van der Waals surface area contributed by atoms with Crippen molar-refractivity contribution in [2.45, 2.75) is 96.2 Å². The van der Waals surface area contributed by atoms with E-state index in [0.29, 0.717) is 6.42 Å². The number of halogens is 1. The molecule has 0 aliphatic heterocycles. The molecular weight excluding hydrogens is 403 g/mol. The number of nitrogens with zero attached hydrogens (tertiary/aromatic N) is 2. The molecule has 1 aromatic rings. The third kappa shape index (κ3) is 6.63. The summed E-state index contributed by atoms with van der Waals surface area (Å²) >= 11 is 0. The monoisotopic (exact) mass is 440 g/mol. The molecule has 1 atom stereocenters. The molecule has 0 aromatic carbocycles. The van der Waals surface area contributed by atoms with Gasteiger partial charge in [-0.05, 0) is 50.2 Å². The Labute approximate surface area is 180 Å². The second-order valence-electron chi connectivity index (χ2n) is 9.64. The third-order valence-corrected chi connectivity index (χ3v) is 10.8. The van der Waals surface area contributed by atoms with E-state index in [1.54, 1.807) is 6.92 Å². The number of hydrogen-bond donors (Lipinski definition) is 3. The zero-order valence-electron chi connectivity index (χ0n) is 19.1. The molecule has 1 aliphatic carbocycles. The Morgan fingerprint density at radius 2 is 1.97 bits per heavy atom. The van der Waals surface area contributed by atoms with E-state index < -0.39 is 20.5 Å². The Morgan fingerprint density at radius 3 is 2.50 bits per heavy atom. The van der Waals surface area contributed by atoms with Gasteiger partial charge >= 0.3 is 5.97 Å². The summed E-state index contributed by atoms with van der Waals surface area (Å²) < 4.78 is 20.0. The van der Waals surface area contributed by atoms with Crippen molar-refractivity contribution in [3.05, 3.63) is 11.8 Å². The fourth-order valence-corrected chi connectivity index (χ4v) is 4.61. The Balaban J connectivity index is 2.00. The van der Waals surface area contributed by atoms with Gasteiger partial charge in [0, 0.05) is 24.9 Å². The first-order valence-electron chi connectivity index (χ1n) is 10.9. The largest absolute Gasteiger partial charge is 0.477 e. The van der Waals surface area contributed by atoms with Crippen molar-refractivity contribution in [2.75, 3.05) is 17.2 Å². The highest BCUT2D eigenvalue weighted by molar-refractivity contribution is 6.74. The minimum Gasteiger partial charge on any atom is -0.477 e. The van der Waals surface area contributed by atoms with Gasteiger partial charge in [-0.3, -0.25) is 0 Å². The molecule has 2 rings (SSSR count). The predicted molar refractivity (Wildman–Crippen MR) is 121 cm³/mol. The fourth-order valence-electron chi connectivity index (χ4n) is 3.19. The molecule has 1 aliphatic rings. The van der Waals surface area contributed by atoms with Crippen molar-refractivity contribution >= 4 is 26.1 Å². The molecule has 0 amide bonds. The Morgan fingerprint density at radius 1 is 1.33 bits per heavy atom. The van der Waals surface area contributed by atoms with Gasteiger partial charge < -0.3 is 20.2 Å². The normalized spacial score (nSPS) is 21.2. The summed E-state index contributed by atoms with van der Waals surface area (Å²) in [6.45, 7) is 13.1. The lowest BCUT2D eigenvalue weighted by molar-refractivity contribution is 0.0697. The zero-order chi connectivity index (χ0) is 22.5. The molecule has 1 fully saturated rings. The number of rotatable bonds is 9. The van der Waals surface area contributed by atoms with Crippen LogP contribution in [0.3, 0.4) is 0 Å². The lowest BCUT2D eigenvalue weighted by atomic mass is 9.93. The van der Waals surface area contributed by atoms with E-state index in [1.807, 2.05) is 0 Å². The molecular formula is C21H37FN4O3Si. The van der Waals surface area contributed by atoms with E-state index in [9.17, 15) is 14.3 Å². The minimum atomic E-state index is -1.80. The summed E-state index contributed by atoms with van der Waals surface area (Å²) in [6.07, 6.45) is 4.55. The molecule has 30 heavy (non-hydrogen) atoms. The van der Waals surface area contributed by atoms with Gasteiger partial charge in [-0.2, -0.15) is 4.98 Å². The maximum Gasteiger partial charge on any atom is 0.341 e. The van der Waals surface area contributed by atoms with E-state index >= 15 is 0 Å². The van der Waals surface area contributed by atoms with Crippen LogP contribution in [0.4, 0.5) is 16.2 Å². The topological polar surface area (TPSA) is 96.4 Å². The molecule has 0 radical (unpaired) electrons. The quantitative estimate of drug-likeness (QED) is 0.461. The standard InChI is InChI=1S/C21H37FN4O3Si/c1-7-14(22)12-23-20-24-13-17(19(27)28)18(26-20)25-15-8-10-16(11-9-15)29-30(5,6)21(2,3)4/h13-16H,7-12H2,1-6H3,(H,27,28)(H2,23,24,25,26). The number of aromatic carboxylic acids is 1. The van der Waals surface area contributed by atoms with E-state index in [2.05, 4.69) is 54.5 Å². The molecule has 1 saturated carbocycles. The fraction of sp³-hybridized carbons (Fsp3) is 0.762. The van der Waals surface area contributed by atoms with Crippen LogP contribution in [0.15, 0.2) is 6.20 Å². The SMILES string of the molecule is CCC(F)CNc1ncc(C(=O)O)c(NC2CCC(O[Si](C)(C)C(C)(C)C)CC2)n1. The first kappa shape index (κ1) is 24.5. The van der Waals surface area contributed by atoms with Crippen molar-refractivity contribution in [3.8, 4) is 0 Å². The smallest absolute Gasteiger partial charge is 0.341 e. The van der Waals surface area contributed by atoms with Gasteiger partial charge in [0.2, 0.25) is 5.95 Å². The van der Waals surface area contributed by atoms with Crippen molar-refractivity contribution in [3.63, 3.8) is 0 Å². The summed E-state index contributed by atoms with van der Waals surface area (Å²) in [5.74, 6) is -0.579. The van der Waals surface area contributed by atoms with Gasteiger partial charge in [-0.15, -0.1) is 0 Å². The number of anilines is 2. The summed E-state index contributed by atoms with van der Waals surface area (Å²) in [4.78, 5) is 19.9. The molecule has 3 N–H and O–H groups in total. The van der Waals surface area contributed by atoms with Crippen LogP contribution in [0.2, 0.25) is 18.1 Å². The van der Waals surface area contributed by atoms with Gasteiger partial charge in [-0.25, -0.2) is 14.2 Å². The second kappa shape index (κ2) is 10.0. The summed E-state index contributed by atoms with van der Waals surface area (Å²) in [7, 11) is -1.80. The number of nitrogens with one attached hydrogen (secondary N) is 2. The van der Waals surface area contributed by atoms with Crippen LogP contribution in [0.25, 0.3) is 0 Å². The van der Waals surface area contributed by atoms with E-state index in [-0.39, 0.29) is 41.1 Å². The summed E-state index contributed by atoms with van der Waals surface area (Å²) in [6, 6.07) is 0.120. The van der Waals surface area contributed by atoms with Crippen molar-refractivity contribution in [1.82, 2.24) is 9.97 Å². The Kier molecular flexibility index (Phi) is 8.21. The van der Waals surface area contributed by atoms with Gasteiger partial charge in [0.25, 0.3) is 0 Å². The van der Waals surface area contributed by atoms with Crippen LogP contribution >= 0.6 is 0 Å². The van der Waals surface area contributed by atoms with Gasteiger partial charge in [-0.1, -0.05) is 27.7 Å². The average Bonchev–Trinajstić information content (AvgIpc) is 2.66. The average molecular weight is 441 g/mol. The number of aromatic nitrogens is 2. The first-order chi connectivity index (χ1) is 13.9. The van der Waals surface area contributed by atoms with Crippen LogP contribution in [0, 0.1) is 0 Å². The zero-order valence-corrected chi connectivity index (χ0v) is 20.1. The van der Waals surface area contributed by atoms with E-state index in [1.165, 1.54) is 6.20 Å². The van der Waals surface area contributed by atoms with Crippen LogP contribution < -0.4 is 10.6 Å². The van der Waals surface area contributed by atoms with Gasteiger partial charge in [0.05, 0.1) is 0 Å². The molecule has 9 heteroatoms. The molecule has 0 spiro atoms. The van der Waals surface area contributed by atoms with Gasteiger partial charge in [0.1, 0.15) is 17.6 Å². The molecule has 170 valence electrons. The van der Waals surface area contributed by atoms with Gasteiger partial charge in [0.15, 0.2) is 8.32 Å². The third-order valence-electron chi connectivity index (χ3n) is 6.23. The molecule has 1 aromatic heterocycles. The Hall–Kier alpha value is -1.74. The van der Waals surface area contributed by atoms with Crippen LogP contribution in [0.5, 0.6) is 0 Å². The second-order valence-corrected chi connectivity index (χ2v) is 14.4. The molecule has 7 nitrogen and oxygen atoms in total. The highest BCUT2D eigenvalue weighted by Crippen LogP contribution is 2.39. The lowest BCUT2D eigenvalue weighted by Crippen LogP contribution is -2.45. The predicted octanol–water partition coefficient (Wildman–Crippen LogP) is 5.08. The number of carbonyl (C=O) groups is 1. The van der Waals surface area contributed by atoms with E-state index in [4.69, 9.17) is 4.43 Å². The molecule has 1 heterocycles.